The lowest BCUT2D eigenvalue weighted by molar-refractivity contribution is 0.407. The van der Waals surface area contributed by atoms with Crippen molar-refractivity contribution in [3.8, 4) is 0 Å². The molecule has 0 radical (unpaired) electrons. The minimum Gasteiger partial charge on any atom is -0.359 e. The molecule has 0 aliphatic carbocycles. The number of hydrogen-bond donors (Lipinski definition) is 1. The van der Waals surface area contributed by atoms with Crippen LogP contribution in [0.4, 0.5) is 0 Å². The van der Waals surface area contributed by atoms with Crippen molar-refractivity contribution in [2.24, 2.45) is 4.99 Å². The van der Waals surface area contributed by atoms with Gasteiger partial charge in [0.05, 0.1) is 6.20 Å². The van der Waals surface area contributed by atoms with E-state index in [1.54, 1.807) is 6.20 Å². The molecule has 0 atom stereocenters. The molecule has 5 nitrogen and oxygen atoms in total. The lowest BCUT2D eigenvalue weighted by atomic mass is 9.96. The first-order valence-corrected chi connectivity index (χ1v) is 7.56. The van der Waals surface area contributed by atoms with Crippen LogP contribution in [0.15, 0.2) is 17.4 Å². The van der Waals surface area contributed by atoms with Crippen LogP contribution >= 0.6 is 11.8 Å². The SMILES string of the molecule is CCC1(CC)CSC(=NCCCn2ccnn2)N1. The Morgan fingerprint density at radius 3 is 2.94 bits per heavy atom. The minimum atomic E-state index is 0.273. The Morgan fingerprint density at radius 1 is 1.50 bits per heavy atom. The highest BCUT2D eigenvalue weighted by atomic mass is 32.2. The van der Waals surface area contributed by atoms with Crippen molar-refractivity contribution in [3.05, 3.63) is 12.4 Å². The molecule has 6 heteroatoms. The third kappa shape index (κ3) is 3.25. The largest absolute Gasteiger partial charge is 0.359 e. The van der Waals surface area contributed by atoms with Gasteiger partial charge in [-0.15, -0.1) is 5.10 Å². The molecule has 0 bridgehead atoms. The van der Waals surface area contributed by atoms with Crippen LogP contribution in [0, 0.1) is 0 Å². The third-order valence-corrected chi connectivity index (χ3v) is 4.69. The van der Waals surface area contributed by atoms with Crippen LogP contribution in [-0.2, 0) is 6.54 Å². The first-order valence-electron chi connectivity index (χ1n) is 6.57. The summed E-state index contributed by atoms with van der Waals surface area (Å²) in [6.45, 7) is 6.21. The molecule has 1 saturated heterocycles. The zero-order valence-corrected chi connectivity index (χ0v) is 11.9. The number of aryl methyl sites for hydroxylation is 1. The molecule has 2 heterocycles. The summed E-state index contributed by atoms with van der Waals surface area (Å²) in [4.78, 5) is 4.62. The number of aliphatic imine (C=N–C) groups is 1. The monoisotopic (exact) mass is 267 g/mol. The fraction of sp³-hybridized carbons (Fsp3) is 0.750. The van der Waals surface area contributed by atoms with Crippen molar-refractivity contribution in [2.45, 2.75) is 45.2 Å². The van der Waals surface area contributed by atoms with E-state index in [-0.39, 0.29) is 5.54 Å². The van der Waals surface area contributed by atoms with E-state index in [0.717, 1.165) is 43.3 Å². The molecule has 2 rings (SSSR count). The highest BCUT2D eigenvalue weighted by Crippen LogP contribution is 2.28. The Morgan fingerprint density at radius 2 is 2.33 bits per heavy atom. The normalized spacial score (nSPS) is 20.2. The van der Waals surface area contributed by atoms with Crippen LogP contribution in [-0.4, -0.2) is 38.0 Å². The summed E-state index contributed by atoms with van der Waals surface area (Å²) in [5, 5.41) is 12.4. The van der Waals surface area contributed by atoms with E-state index in [0.29, 0.717) is 0 Å². The van der Waals surface area contributed by atoms with Crippen LogP contribution < -0.4 is 5.32 Å². The smallest absolute Gasteiger partial charge is 0.157 e. The molecule has 1 aromatic rings. The quantitative estimate of drug-likeness (QED) is 0.800. The fourth-order valence-electron chi connectivity index (χ4n) is 1.99. The summed E-state index contributed by atoms with van der Waals surface area (Å²) < 4.78 is 1.85. The van der Waals surface area contributed by atoms with Gasteiger partial charge in [-0.3, -0.25) is 9.67 Å². The molecule has 0 aromatic carbocycles. The summed E-state index contributed by atoms with van der Waals surface area (Å²) in [6.07, 6.45) is 6.91. The summed E-state index contributed by atoms with van der Waals surface area (Å²) >= 11 is 1.85. The summed E-state index contributed by atoms with van der Waals surface area (Å²) in [5.41, 5.74) is 0.273. The van der Waals surface area contributed by atoms with Gasteiger partial charge in [-0.1, -0.05) is 30.8 Å². The van der Waals surface area contributed by atoms with Gasteiger partial charge < -0.3 is 5.32 Å². The number of hydrogen-bond acceptors (Lipinski definition) is 4. The first kappa shape index (κ1) is 13.4. The van der Waals surface area contributed by atoms with Gasteiger partial charge in [-0.25, -0.2) is 0 Å². The van der Waals surface area contributed by atoms with Gasteiger partial charge >= 0.3 is 0 Å². The molecule has 1 aliphatic heterocycles. The zero-order valence-electron chi connectivity index (χ0n) is 11.1. The van der Waals surface area contributed by atoms with Gasteiger partial charge in [0.25, 0.3) is 0 Å². The van der Waals surface area contributed by atoms with E-state index >= 15 is 0 Å². The molecule has 18 heavy (non-hydrogen) atoms. The Kier molecular flexibility index (Phi) is 4.63. The van der Waals surface area contributed by atoms with Gasteiger partial charge in [0.15, 0.2) is 5.17 Å². The van der Waals surface area contributed by atoms with E-state index in [9.17, 15) is 0 Å². The van der Waals surface area contributed by atoms with E-state index in [1.807, 2.05) is 22.6 Å². The molecule has 1 aromatic heterocycles. The van der Waals surface area contributed by atoms with Gasteiger partial charge in [0, 0.05) is 30.6 Å². The number of thioether (sulfide) groups is 1. The van der Waals surface area contributed by atoms with Gasteiger partial charge in [-0.2, -0.15) is 0 Å². The maximum absolute atomic E-state index is 4.62. The molecular weight excluding hydrogens is 246 g/mol. The zero-order chi connectivity index (χ0) is 12.8. The summed E-state index contributed by atoms with van der Waals surface area (Å²) in [7, 11) is 0. The average molecular weight is 267 g/mol. The van der Waals surface area contributed by atoms with Crippen molar-refractivity contribution in [1.29, 1.82) is 0 Å². The predicted octanol–water partition coefficient (Wildman–Crippen LogP) is 1.92. The highest BCUT2D eigenvalue weighted by molar-refractivity contribution is 8.14. The third-order valence-electron chi connectivity index (χ3n) is 3.48. The average Bonchev–Trinajstić information content (AvgIpc) is 3.05. The molecule has 1 aliphatic rings. The summed E-state index contributed by atoms with van der Waals surface area (Å²) in [6, 6.07) is 0. The van der Waals surface area contributed by atoms with Crippen molar-refractivity contribution >= 4 is 16.9 Å². The second-order valence-electron chi connectivity index (χ2n) is 4.61. The maximum Gasteiger partial charge on any atom is 0.157 e. The first-order chi connectivity index (χ1) is 8.78. The Balaban J connectivity index is 1.74. The van der Waals surface area contributed by atoms with Crippen LogP contribution in [0.5, 0.6) is 0 Å². The van der Waals surface area contributed by atoms with Crippen molar-refractivity contribution in [3.63, 3.8) is 0 Å². The number of nitrogens with one attached hydrogen (secondary N) is 1. The number of nitrogens with zero attached hydrogens (tertiary/aromatic N) is 4. The predicted molar refractivity (Wildman–Crippen MR) is 75.8 cm³/mol. The van der Waals surface area contributed by atoms with Crippen LogP contribution in [0.25, 0.3) is 0 Å². The maximum atomic E-state index is 4.62. The van der Waals surface area contributed by atoms with Gasteiger partial charge in [0.1, 0.15) is 0 Å². The molecule has 0 saturated carbocycles. The van der Waals surface area contributed by atoms with E-state index in [2.05, 4.69) is 34.5 Å². The molecule has 0 unspecified atom stereocenters. The van der Waals surface area contributed by atoms with Crippen LogP contribution in [0.3, 0.4) is 0 Å². The Hall–Kier alpha value is -1.04. The molecule has 100 valence electrons. The number of rotatable bonds is 6. The van der Waals surface area contributed by atoms with Crippen molar-refractivity contribution < 1.29 is 0 Å². The van der Waals surface area contributed by atoms with E-state index in [1.165, 1.54) is 0 Å². The van der Waals surface area contributed by atoms with Crippen molar-refractivity contribution in [2.75, 3.05) is 12.3 Å². The molecule has 1 fully saturated rings. The number of aromatic nitrogens is 3. The van der Waals surface area contributed by atoms with Gasteiger partial charge in [0.2, 0.25) is 0 Å². The standard InChI is InChI=1S/C12H21N5S/c1-3-12(4-2)10-18-11(15-12)13-6-5-8-17-9-7-14-16-17/h7,9H,3-6,8,10H2,1-2H3,(H,13,15). The molecule has 0 spiro atoms. The molecular formula is C12H21N5S. The lowest BCUT2D eigenvalue weighted by Crippen LogP contribution is -2.42. The highest BCUT2D eigenvalue weighted by Gasteiger charge is 2.33. The lowest BCUT2D eigenvalue weighted by Gasteiger charge is -2.25. The Labute approximate surface area is 112 Å². The topological polar surface area (TPSA) is 55.1 Å². The fourth-order valence-corrected chi connectivity index (χ4v) is 3.35. The van der Waals surface area contributed by atoms with Crippen molar-refractivity contribution in [1.82, 2.24) is 20.3 Å². The second-order valence-corrected chi connectivity index (χ2v) is 5.57. The van der Waals surface area contributed by atoms with Crippen LogP contribution in [0.2, 0.25) is 0 Å². The second kappa shape index (κ2) is 6.22. The molecule has 0 amide bonds. The van der Waals surface area contributed by atoms with E-state index in [4.69, 9.17) is 0 Å². The van der Waals surface area contributed by atoms with E-state index < -0.39 is 0 Å². The molecule has 1 N–H and O–H groups in total. The van der Waals surface area contributed by atoms with Gasteiger partial charge in [-0.05, 0) is 19.3 Å². The Bertz CT molecular complexity index is 383. The minimum absolute atomic E-state index is 0.273. The van der Waals surface area contributed by atoms with Crippen LogP contribution in [0.1, 0.15) is 33.1 Å². The summed E-state index contributed by atoms with van der Waals surface area (Å²) in [5.74, 6) is 1.14. The number of amidine groups is 1.